The summed E-state index contributed by atoms with van der Waals surface area (Å²) >= 11 is 12.7. The summed E-state index contributed by atoms with van der Waals surface area (Å²) < 4.78 is 23.6. The molecule has 152 valence electrons. The number of thiol groups is 3. The van der Waals surface area contributed by atoms with Crippen molar-refractivity contribution in [3.05, 3.63) is 0 Å². The van der Waals surface area contributed by atoms with Gasteiger partial charge in [0.05, 0.1) is 31.8 Å². The smallest absolute Gasteiger partial charge is 0.0637 e. The zero-order chi connectivity index (χ0) is 18.6. The van der Waals surface area contributed by atoms with Gasteiger partial charge >= 0.3 is 0 Å². The molecule has 25 heavy (non-hydrogen) atoms. The Labute approximate surface area is 171 Å². The molecule has 0 atom stereocenters. The number of hydrogen-bond acceptors (Lipinski definition) is 7. The molecular weight excluding hydrogens is 376 g/mol. The Hall–Kier alpha value is 0.890. The zero-order valence-corrected chi connectivity index (χ0v) is 18.5. The third kappa shape index (κ3) is 15.6. The average Bonchev–Trinajstić information content (AvgIpc) is 2.63. The van der Waals surface area contributed by atoms with Gasteiger partial charge in [0.15, 0.2) is 0 Å². The van der Waals surface area contributed by atoms with Crippen LogP contribution in [-0.4, -0.2) is 70.1 Å². The van der Waals surface area contributed by atoms with E-state index in [1.807, 2.05) is 0 Å². The quantitative estimate of drug-likeness (QED) is 0.209. The van der Waals surface area contributed by atoms with E-state index in [1.165, 1.54) is 0 Å². The van der Waals surface area contributed by atoms with Crippen molar-refractivity contribution in [1.82, 2.24) is 0 Å². The van der Waals surface area contributed by atoms with E-state index in [4.69, 9.17) is 18.9 Å². The molecule has 0 aliphatic heterocycles. The van der Waals surface area contributed by atoms with Gasteiger partial charge in [0.1, 0.15) is 0 Å². The molecule has 0 saturated heterocycles. The van der Waals surface area contributed by atoms with Gasteiger partial charge in [-0.1, -0.05) is 13.3 Å². The molecule has 0 spiro atoms. The van der Waals surface area contributed by atoms with Crippen molar-refractivity contribution >= 4 is 37.9 Å². The first-order valence-corrected chi connectivity index (χ1v) is 11.3. The van der Waals surface area contributed by atoms with Crippen LogP contribution in [0.5, 0.6) is 0 Å². The molecule has 0 unspecified atom stereocenters. The van der Waals surface area contributed by atoms with Crippen molar-refractivity contribution in [3.63, 3.8) is 0 Å². The minimum absolute atomic E-state index is 0.266. The second-order valence-electron chi connectivity index (χ2n) is 6.30. The lowest BCUT2D eigenvalue weighted by Gasteiger charge is -2.33. The number of ether oxygens (including phenoxy) is 4. The highest BCUT2D eigenvalue weighted by molar-refractivity contribution is 7.80. The van der Waals surface area contributed by atoms with Crippen molar-refractivity contribution in [2.45, 2.75) is 39.0 Å². The Morgan fingerprint density at radius 2 is 0.880 bits per heavy atom. The Morgan fingerprint density at radius 1 is 0.560 bits per heavy atom. The molecule has 0 amide bonds. The van der Waals surface area contributed by atoms with E-state index in [0.29, 0.717) is 46.2 Å². The fourth-order valence-corrected chi connectivity index (χ4v) is 2.54. The van der Waals surface area contributed by atoms with E-state index >= 15 is 0 Å². The van der Waals surface area contributed by atoms with Crippen molar-refractivity contribution < 1.29 is 18.9 Å². The Balaban J connectivity index is 4.62. The van der Waals surface area contributed by atoms with Gasteiger partial charge in [-0.2, -0.15) is 37.9 Å². The summed E-state index contributed by atoms with van der Waals surface area (Å²) in [5.74, 6) is 2.49. The molecule has 0 fully saturated rings. The van der Waals surface area contributed by atoms with E-state index < -0.39 is 0 Å². The summed E-state index contributed by atoms with van der Waals surface area (Å²) in [7, 11) is 0. The first kappa shape index (κ1) is 25.9. The van der Waals surface area contributed by atoms with Gasteiger partial charge in [-0.05, 0) is 42.9 Å². The van der Waals surface area contributed by atoms with Gasteiger partial charge in [-0.15, -0.1) is 0 Å². The van der Waals surface area contributed by atoms with Crippen LogP contribution in [0.4, 0.5) is 0 Å². The summed E-state index contributed by atoms with van der Waals surface area (Å²) in [4.78, 5) is 0. The first-order valence-electron chi connectivity index (χ1n) is 9.38. The maximum absolute atomic E-state index is 5.93. The predicted molar refractivity (Wildman–Crippen MR) is 116 cm³/mol. The van der Waals surface area contributed by atoms with Crippen LogP contribution < -0.4 is 0 Å². The average molecular weight is 415 g/mol. The summed E-state index contributed by atoms with van der Waals surface area (Å²) in [6.45, 7) is 7.36. The van der Waals surface area contributed by atoms with E-state index in [-0.39, 0.29) is 5.41 Å². The second kappa shape index (κ2) is 19.6. The van der Waals surface area contributed by atoms with Crippen LogP contribution in [0.1, 0.15) is 39.0 Å². The van der Waals surface area contributed by atoms with Gasteiger partial charge in [0.2, 0.25) is 0 Å². The molecule has 0 N–H and O–H groups in total. The highest BCUT2D eigenvalue weighted by Crippen LogP contribution is 2.21. The highest BCUT2D eigenvalue weighted by Gasteiger charge is 2.32. The van der Waals surface area contributed by atoms with E-state index in [9.17, 15) is 0 Å². The number of rotatable bonds is 20. The maximum atomic E-state index is 5.93. The normalized spacial score (nSPS) is 12.0. The summed E-state index contributed by atoms with van der Waals surface area (Å²) in [6, 6.07) is 0. The SMILES string of the molecule is CCCCOCC(COCCCS)(COCCCS)COCCCS. The van der Waals surface area contributed by atoms with Crippen LogP contribution >= 0.6 is 37.9 Å². The second-order valence-corrected chi connectivity index (χ2v) is 7.64. The van der Waals surface area contributed by atoms with Crippen LogP contribution in [0.3, 0.4) is 0 Å². The fraction of sp³-hybridized carbons (Fsp3) is 1.00. The Morgan fingerprint density at radius 3 is 1.16 bits per heavy atom. The first-order chi connectivity index (χ1) is 12.2. The standard InChI is InChI=1S/C18H38O4S3/c1-2-3-7-19-14-18(15-20-8-4-11-23,16-21-9-5-12-24)17-22-10-6-13-25/h23-25H,2-17H2,1H3. The lowest BCUT2D eigenvalue weighted by molar-refractivity contribution is -0.106. The Kier molecular flexibility index (Phi) is 20.3. The molecule has 0 heterocycles. The Bertz CT molecular complexity index is 217. The third-order valence-electron chi connectivity index (χ3n) is 3.62. The van der Waals surface area contributed by atoms with Crippen molar-refractivity contribution in [2.24, 2.45) is 5.41 Å². The van der Waals surface area contributed by atoms with Gasteiger partial charge in [-0.25, -0.2) is 0 Å². The predicted octanol–water partition coefficient (Wildman–Crippen LogP) is 3.80. The fourth-order valence-electron chi connectivity index (χ4n) is 2.15. The van der Waals surface area contributed by atoms with Crippen LogP contribution in [0, 0.1) is 5.41 Å². The number of unbranched alkanes of at least 4 members (excludes halogenated alkanes) is 1. The zero-order valence-electron chi connectivity index (χ0n) is 15.8. The topological polar surface area (TPSA) is 36.9 Å². The summed E-state index contributed by atoms with van der Waals surface area (Å²) in [6.07, 6.45) is 5.02. The molecule has 0 aliphatic carbocycles. The molecular formula is C18H38O4S3. The molecule has 0 aromatic rings. The molecule has 0 radical (unpaired) electrons. The van der Waals surface area contributed by atoms with Crippen LogP contribution in [0.2, 0.25) is 0 Å². The molecule has 0 rings (SSSR count). The molecule has 0 saturated carbocycles. The van der Waals surface area contributed by atoms with Gasteiger partial charge < -0.3 is 18.9 Å². The third-order valence-corrected chi connectivity index (χ3v) is 4.56. The molecule has 7 heteroatoms. The monoisotopic (exact) mass is 414 g/mol. The number of hydrogen-bond donors (Lipinski definition) is 3. The van der Waals surface area contributed by atoms with Gasteiger partial charge in [0, 0.05) is 26.4 Å². The van der Waals surface area contributed by atoms with E-state index in [0.717, 1.165) is 56.0 Å². The lowest BCUT2D eigenvalue weighted by Crippen LogP contribution is -2.42. The molecule has 0 aliphatic rings. The van der Waals surface area contributed by atoms with Crippen molar-refractivity contribution in [3.8, 4) is 0 Å². The summed E-state index contributed by atoms with van der Waals surface area (Å²) in [5.41, 5.74) is -0.266. The van der Waals surface area contributed by atoms with Crippen molar-refractivity contribution in [1.29, 1.82) is 0 Å². The van der Waals surface area contributed by atoms with Crippen LogP contribution in [-0.2, 0) is 18.9 Å². The molecule has 0 bridgehead atoms. The summed E-state index contributed by atoms with van der Waals surface area (Å²) in [5, 5.41) is 0. The van der Waals surface area contributed by atoms with E-state index in [2.05, 4.69) is 44.8 Å². The minimum Gasteiger partial charge on any atom is -0.381 e. The maximum Gasteiger partial charge on any atom is 0.0637 e. The lowest BCUT2D eigenvalue weighted by atomic mass is 9.92. The van der Waals surface area contributed by atoms with Crippen LogP contribution in [0.25, 0.3) is 0 Å². The van der Waals surface area contributed by atoms with Gasteiger partial charge in [0.25, 0.3) is 0 Å². The highest BCUT2D eigenvalue weighted by atomic mass is 32.1. The molecule has 4 nitrogen and oxygen atoms in total. The largest absolute Gasteiger partial charge is 0.381 e. The van der Waals surface area contributed by atoms with Gasteiger partial charge in [-0.3, -0.25) is 0 Å². The van der Waals surface area contributed by atoms with E-state index in [1.54, 1.807) is 0 Å². The molecule has 0 aromatic heterocycles. The van der Waals surface area contributed by atoms with Crippen LogP contribution in [0.15, 0.2) is 0 Å². The van der Waals surface area contributed by atoms with Crippen molar-refractivity contribution in [2.75, 3.05) is 70.1 Å². The molecule has 0 aromatic carbocycles. The minimum atomic E-state index is -0.266.